The standard InChI is InChI=1S/C21H19N3O2S/c1-15(16-8-4-2-5-9-16)24-27(25,26)18-12-13-19-20(14-18)23-21(22-19)17-10-6-3-7-11-17/h2-15,24H,1H3,(H,22,23)/t15-/m0/s1. The maximum absolute atomic E-state index is 12.8. The van der Waals surface area contributed by atoms with Crippen LogP contribution in [0.4, 0.5) is 0 Å². The molecule has 6 heteroatoms. The smallest absolute Gasteiger partial charge is 0.241 e. The van der Waals surface area contributed by atoms with Gasteiger partial charge < -0.3 is 4.98 Å². The molecule has 0 bridgehead atoms. The van der Waals surface area contributed by atoms with Gasteiger partial charge in [0.2, 0.25) is 10.0 Å². The summed E-state index contributed by atoms with van der Waals surface area (Å²) in [5, 5.41) is 0. The number of aromatic nitrogens is 2. The maximum Gasteiger partial charge on any atom is 0.241 e. The molecule has 1 atom stereocenters. The van der Waals surface area contributed by atoms with Crippen molar-refractivity contribution in [3.05, 3.63) is 84.4 Å². The highest BCUT2D eigenvalue weighted by molar-refractivity contribution is 7.89. The van der Waals surface area contributed by atoms with Crippen LogP contribution in [0.15, 0.2) is 83.8 Å². The minimum atomic E-state index is -3.65. The molecule has 4 aromatic rings. The average molecular weight is 377 g/mol. The van der Waals surface area contributed by atoms with Crippen LogP contribution in [0.25, 0.3) is 22.4 Å². The number of nitrogens with zero attached hydrogens (tertiary/aromatic N) is 1. The Hall–Kier alpha value is -2.96. The van der Waals surface area contributed by atoms with Crippen LogP contribution in [0.1, 0.15) is 18.5 Å². The molecule has 4 rings (SSSR count). The zero-order chi connectivity index (χ0) is 18.9. The molecule has 136 valence electrons. The number of H-pyrrole nitrogens is 1. The lowest BCUT2D eigenvalue weighted by atomic mass is 10.1. The summed E-state index contributed by atoms with van der Waals surface area (Å²) in [7, 11) is -3.65. The fourth-order valence-electron chi connectivity index (χ4n) is 3.00. The van der Waals surface area contributed by atoms with Gasteiger partial charge in [0.25, 0.3) is 0 Å². The van der Waals surface area contributed by atoms with Gasteiger partial charge in [0.05, 0.1) is 15.9 Å². The molecular weight excluding hydrogens is 358 g/mol. The quantitative estimate of drug-likeness (QED) is 0.545. The van der Waals surface area contributed by atoms with Crippen molar-refractivity contribution in [3.8, 4) is 11.4 Å². The molecule has 0 amide bonds. The molecule has 3 aromatic carbocycles. The van der Waals surface area contributed by atoms with Crippen molar-refractivity contribution >= 4 is 21.1 Å². The van der Waals surface area contributed by atoms with Crippen LogP contribution >= 0.6 is 0 Å². The van der Waals surface area contributed by atoms with Gasteiger partial charge in [-0.15, -0.1) is 0 Å². The topological polar surface area (TPSA) is 74.8 Å². The second-order valence-corrected chi connectivity index (χ2v) is 8.10. The highest BCUT2D eigenvalue weighted by Crippen LogP contribution is 2.23. The van der Waals surface area contributed by atoms with Crippen LogP contribution < -0.4 is 4.72 Å². The van der Waals surface area contributed by atoms with Gasteiger partial charge in [-0.1, -0.05) is 60.7 Å². The van der Waals surface area contributed by atoms with Gasteiger partial charge in [0.1, 0.15) is 5.82 Å². The molecular formula is C21H19N3O2S. The van der Waals surface area contributed by atoms with Gasteiger partial charge in [0.15, 0.2) is 0 Å². The van der Waals surface area contributed by atoms with Crippen LogP contribution in [-0.4, -0.2) is 18.4 Å². The summed E-state index contributed by atoms with van der Waals surface area (Å²) in [6, 6.07) is 23.8. The zero-order valence-electron chi connectivity index (χ0n) is 14.8. The predicted octanol–water partition coefficient (Wildman–Crippen LogP) is 4.27. The third-order valence-corrected chi connectivity index (χ3v) is 5.98. The molecule has 0 saturated heterocycles. The van der Waals surface area contributed by atoms with Crippen LogP contribution in [0.3, 0.4) is 0 Å². The van der Waals surface area contributed by atoms with Gasteiger partial charge in [0, 0.05) is 11.6 Å². The van der Waals surface area contributed by atoms with Crippen LogP contribution in [0, 0.1) is 0 Å². The van der Waals surface area contributed by atoms with E-state index in [0.717, 1.165) is 16.6 Å². The van der Waals surface area contributed by atoms with E-state index >= 15 is 0 Å². The van der Waals surface area contributed by atoms with E-state index in [0.29, 0.717) is 11.3 Å². The number of fused-ring (bicyclic) bond motifs is 1. The van der Waals surface area contributed by atoms with E-state index in [2.05, 4.69) is 14.7 Å². The number of aromatic amines is 1. The maximum atomic E-state index is 12.8. The Morgan fingerprint density at radius 2 is 1.59 bits per heavy atom. The van der Waals surface area contributed by atoms with Gasteiger partial charge in [-0.2, -0.15) is 0 Å². The number of rotatable bonds is 5. The van der Waals surface area contributed by atoms with E-state index in [1.165, 1.54) is 0 Å². The van der Waals surface area contributed by atoms with Crippen molar-refractivity contribution in [2.24, 2.45) is 0 Å². The van der Waals surface area contributed by atoms with E-state index in [9.17, 15) is 8.42 Å². The van der Waals surface area contributed by atoms with Crippen LogP contribution in [-0.2, 0) is 10.0 Å². The molecule has 0 spiro atoms. The van der Waals surface area contributed by atoms with Crippen molar-refractivity contribution in [1.82, 2.24) is 14.7 Å². The molecule has 0 aliphatic carbocycles. The largest absolute Gasteiger partial charge is 0.338 e. The number of hydrogen-bond acceptors (Lipinski definition) is 3. The lowest BCUT2D eigenvalue weighted by Crippen LogP contribution is -2.26. The summed E-state index contributed by atoms with van der Waals surface area (Å²) in [6.45, 7) is 1.83. The van der Waals surface area contributed by atoms with E-state index in [1.807, 2.05) is 67.6 Å². The molecule has 2 N–H and O–H groups in total. The van der Waals surface area contributed by atoms with Gasteiger partial charge in [-0.3, -0.25) is 0 Å². The van der Waals surface area contributed by atoms with E-state index in [4.69, 9.17) is 0 Å². The van der Waals surface area contributed by atoms with E-state index < -0.39 is 10.0 Å². The minimum absolute atomic E-state index is 0.209. The Balaban J connectivity index is 1.65. The molecule has 1 heterocycles. The highest BCUT2D eigenvalue weighted by atomic mass is 32.2. The molecule has 0 saturated carbocycles. The zero-order valence-corrected chi connectivity index (χ0v) is 15.6. The normalized spacial score (nSPS) is 12.9. The summed E-state index contributed by atoms with van der Waals surface area (Å²) in [5.41, 5.74) is 3.27. The summed E-state index contributed by atoms with van der Waals surface area (Å²) < 4.78 is 28.3. The molecule has 0 fully saturated rings. The summed E-state index contributed by atoms with van der Waals surface area (Å²) in [6.07, 6.45) is 0. The van der Waals surface area contributed by atoms with Crippen molar-refractivity contribution in [2.45, 2.75) is 17.9 Å². The number of nitrogens with one attached hydrogen (secondary N) is 2. The number of benzene rings is 3. The first-order chi connectivity index (χ1) is 13.0. The Labute approximate surface area is 158 Å². The predicted molar refractivity (Wildman–Crippen MR) is 107 cm³/mol. The molecule has 0 aliphatic rings. The highest BCUT2D eigenvalue weighted by Gasteiger charge is 2.19. The minimum Gasteiger partial charge on any atom is -0.338 e. The first-order valence-electron chi connectivity index (χ1n) is 8.65. The lowest BCUT2D eigenvalue weighted by molar-refractivity contribution is 0.567. The molecule has 1 aromatic heterocycles. The second-order valence-electron chi connectivity index (χ2n) is 6.38. The SMILES string of the molecule is C[C@H](NS(=O)(=O)c1ccc2nc(-c3ccccc3)[nH]c2c1)c1ccccc1. The third-order valence-electron chi connectivity index (χ3n) is 4.44. The number of hydrogen-bond donors (Lipinski definition) is 2. The molecule has 5 nitrogen and oxygen atoms in total. The third kappa shape index (κ3) is 3.63. The van der Waals surface area contributed by atoms with Gasteiger partial charge >= 0.3 is 0 Å². The van der Waals surface area contributed by atoms with Crippen molar-refractivity contribution in [3.63, 3.8) is 0 Å². The van der Waals surface area contributed by atoms with Crippen molar-refractivity contribution < 1.29 is 8.42 Å². The summed E-state index contributed by atoms with van der Waals surface area (Å²) in [4.78, 5) is 7.96. The second kappa shape index (κ2) is 6.98. The van der Waals surface area contributed by atoms with Crippen LogP contribution in [0.5, 0.6) is 0 Å². The van der Waals surface area contributed by atoms with E-state index in [1.54, 1.807) is 18.2 Å². The Bertz CT molecular complexity index is 1170. The number of imidazole rings is 1. The summed E-state index contributed by atoms with van der Waals surface area (Å²) in [5.74, 6) is 0.714. The van der Waals surface area contributed by atoms with Crippen molar-refractivity contribution in [1.29, 1.82) is 0 Å². The molecule has 0 unspecified atom stereocenters. The Kier molecular flexibility index (Phi) is 4.51. The Morgan fingerprint density at radius 1 is 0.926 bits per heavy atom. The molecule has 27 heavy (non-hydrogen) atoms. The first kappa shape index (κ1) is 17.5. The molecule has 0 aliphatic heterocycles. The average Bonchev–Trinajstić information content (AvgIpc) is 3.12. The van der Waals surface area contributed by atoms with Gasteiger partial charge in [-0.25, -0.2) is 18.1 Å². The monoisotopic (exact) mass is 377 g/mol. The van der Waals surface area contributed by atoms with Gasteiger partial charge in [-0.05, 0) is 30.7 Å². The molecule has 0 radical (unpaired) electrons. The Morgan fingerprint density at radius 3 is 2.30 bits per heavy atom. The fraction of sp³-hybridized carbons (Fsp3) is 0.0952. The van der Waals surface area contributed by atoms with Crippen LogP contribution in [0.2, 0.25) is 0 Å². The fourth-order valence-corrected chi connectivity index (χ4v) is 4.26. The van der Waals surface area contributed by atoms with E-state index in [-0.39, 0.29) is 10.9 Å². The first-order valence-corrected chi connectivity index (χ1v) is 10.1. The number of sulfonamides is 1. The lowest BCUT2D eigenvalue weighted by Gasteiger charge is -2.14. The summed E-state index contributed by atoms with van der Waals surface area (Å²) >= 11 is 0. The van der Waals surface area contributed by atoms with Crippen molar-refractivity contribution in [2.75, 3.05) is 0 Å².